The summed E-state index contributed by atoms with van der Waals surface area (Å²) in [6, 6.07) is 0. The van der Waals surface area contributed by atoms with E-state index in [-0.39, 0.29) is 0 Å². The summed E-state index contributed by atoms with van der Waals surface area (Å²) in [5.74, 6) is 0. The molecule has 4 nitrogen and oxygen atoms in total. The fraction of sp³-hybridized carbons (Fsp3) is 0.750. The molecule has 0 rings (SSSR count). The van der Waals surface area contributed by atoms with Gasteiger partial charge in [0.1, 0.15) is 0 Å². The van der Waals surface area contributed by atoms with Gasteiger partial charge >= 0.3 is 6.09 Å². The summed E-state index contributed by atoms with van der Waals surface area (Å²) >= 11 is 0. The summed E-state index contributed by atoms with van der Waals surface area (Å²) in [6.07, 6.45) is 0.720. The van der Waals surface area contributed by atoms with Crippen molar-refractivity contribution >= 4 is 6.09 Å². The highest BCUT2D eigenvalue weighted by atomic mass is 16.5. The normalized spacial score (nSPS) is 12.3. The van der Waals surface area contributed by atoms with Crippen LogP contribution in [0.15, 0.2) is 12.7 Å². The molecule has 0 atom stereocenters. The maximum atomic E-state index is 11.3. The number of carbonyl (C=O) groups is 1. The molecule has 0 fully saturated rings. The van der Waals surface area contributed by atoms with Crippen molar-refractivity contribution in [2.75, 3.05) is 13.2 Å². The van der Waals surface area contributed by atoms with Crippen molar-refractivity contribution in [1.82, 2.24) is 4.90 Å². The van der Waals surface area contributed by atoms with Crippen molar-refractivity contribution in [2.24, 2.45) is 0 Å². The predicted octanol–water partition coefficient (Wildman–Crippen LogP) is 2.75. The lowest BCUT2D eigenvalue weighted by Crippen LogP contribution is -2.58. The minimum atomic E-state index is -0.931. The van der Waals surface area contributed by atoms with Gasteiger partial charge in [0.2, 0.25) is 0 Å². The van der Waals surface area contributed by atoms with Gasteiger partial charge in [0.05, 0.1) is 18.8 Å². The van der Waals surface area contributed by atoms with Crippen LogP contribution >= 0.6 is 0 Å². The molecule has 0 radical (unpaired) electrons. The molecular weight excluding hydrogens is 206 g/mol. The number of hydrogen-bond donors (Lipinski definition) is 1. The summed E-state index contributed by atoms with van der Waals surface area (Å²) in [5, 5.41) is 9.25. The molecule has 94 valence electrons. The zero-order chi connectivity index (χ0) is 13.0. The van der Waals surface area contributed by atoms with Gasteiger partial charge in [0.25, 0.3) is 0 Å². The fourth-order valence-corrected chi connectivity index (χ4v) is 1.91. The summed E-state index contributed by atoms with van der Waals surface area (Å²) < 4.78 is 5.35. The van der Waals surface area contributed by atoms with Gasteiger partial charge in [0.15, 0.2) is 0 Å². The van der Waals surface area contributed by atoms with Gasteiger partial charge in [-0.25, -0.2) is 4.79 Å². The first kappa shape index (κ1) is 15.0. The first-order chi connectivity index (χ1) is 7.13. The number of nitrogens with zero attached hydrogens (tertiary/aromatic N) is 1. The van der Waals surface area contributed by atoms with Crippen LogP contribution < -0.4 is 0 Å². The highest BCUT2D eigenvalue weighted by Crippen LogP contribution is 2.25. The maximum absolute atomic E-state index is 11.3. The van der Waals surface area contributed by atoms with Gasteiger partial charge in [-0.3, -0.25) is 4.90 Å². The van der Waals surface area contributed by atoms with Crippen LogP contribution in [0.4, 0.5) is 4.79 Å². The zero-order valence-corrected chi connectivity index (χ0v) is 10.9. The van der Waals surface area contributed by atoms with Crippen molar-refractivity contribution in [2.45, 2.75) is 45.7 Å². The molecule has 0 bridgehead atoms. The third-order valence-electron chi connectivity index (χ3n) is 2.16. The number of carboxylic acid groups (broad SMARTS) is 1. The van der Waals surface area contributed by atoms with Crippen molar-refractivity contribution in [3.05, 3.63) is 12.7 Å². The lowest BCUT2D eigenvalue weighted by molar-refractivity contribution is -0.0151. The summed E-state index contributed by atoms with van der Waals surface area (Å²) in [4.78, 5) is 12.7. The molecule has 0 aromatic rings. The van der Waals surface area contributed by atoms with Crippen LogP contribution in [0.1, 0.15) is 34.6 Å². The minimum Gasteiger partial charge on any atom is -0.465 e. The molecular formula is C12H23NO3. The van der Waals surface area contributed by atoms with Crippen LogP contribution in [0.2, 0.25) is 0 Å². The highest BCUT2D eigenvalue weighted by molar-refractivity contribution is 5.67. The maximum Gasteiger partial charge on any atom is 0.408 e. The quantitative estimate of drug-likeness (QED) is 0.582. The number of rotatable bonds is 5. The molecule has 0 aromatic carbocycles. The Morgan fingerprint density at radius 3 is 2.19 bits per heavy atom. The van der Waals surface area contributed by atoms with Gasteiger partial charge in [-0.05, 0) is 34.6 Å². The Bertz CT molecular complexity index is 253. The second-order valence-corrected chi connectivity index (χ2v) is 5.41. The molecule has 0 unspecified atom stereocenters. The Balaban J connectivity index is 4.76. The third kappa shape index (κ3) is 4.23. The van der Waals surface area contributed by atoms with E-state index in [4.69, 9.17) is 4.74 Å². The van der Waals surface area contributed by atoms with E-state index in [9.17, 15) is 9.90 Å². The van der Waals surface area contributed by atoms with Gasteiger partial charge < -0.3 is 9.84 Å². The fourth-order valence-electron chi connectivity index (χ4n) is 1.91. The van der Waals surface area contributed by atoms with Crippen molar-refractivity contribution in [1.29, 1.82) is 0 Å². The van der Waals surface area contributed by atoms with Crippen LogP contribution in [-0.2, 0) is 4.74 Å². The predicted molar refractivity (Wildman–Crippen MR) is 64.7 cm³/mol. The van der Waals surface area contributed by atoms with Crippen LogP contribution in [0.3, 0.4) is 0 Å². The monoisotopic (exact) mass is 229 g/mol. The average molecular weight is 229 g/mol. The first-order valence-corrected chi connectivity index (χ1v) is 5.35. The van der Waals surface area contributed by atoms with Crippen LogP contribution in [0, 0.1) is 0 Å². The lowest BCUT2D eigenvalue weighted by atomic mass is 9.96. The van der Waals surface area contributed by atoms with Crippen molar-refractivity contribution in [3.8, 4) is 0 Å². The molecule has 0 saturated carbocycles. The molecule has 16 heavy (non-hydrogen) atoms. The van der Waals surface area contributed by atoms with E-state index in [1.54, 1.807) is 6.08 Å². The van der Waals surface area contributed by atoms with E-state index in [1.165, 1.54) is 4.90 Å². The smallest absolute Gasteiger partial charge is 0.408 e. The van der Waals surface area contributed by atoms with Gasteiger partial charge in [0, 0.05) is 5.54 Å². The van der Waals surface area contributed by atoms with E-state index in [0.717, 1.165) is 0 Å². The number of ether oxygens (including phenoxy) is 1. The third-order valence-corrected chi connectivity index (χ3v) is 2.16. The Morgan fingerprint density at radius 1 is 1.38 bits per heavy atom. The molecule has 4 heteroatoms. The van der Waals surface area contributed by atoms with E-state index in [0.29, 0.717) is 13.2 Å². The molecule has 0 heterocycles. The largest absolute Gasteiger partial charge is 0.465 e. The summed E-state index contributed by atoms with van der Waals surface area (Å²) in [6.45, 7) is 13.7. The summed E-state index contributed by atoms with van der Waals surface area (Å²) in [7, 11) is 0. The number of amides is 1. The molecule has 0 aliphatic carbocycles. The van der Waals surface area contributed by atoms with E-state index >= 15 is 0 Å². The van der Waals surface area contributed by atoms with Crippen LogP contribution in [0.5, 0.6) is 0 Å². The Morgan fingerprint density at radius 2 is 1.88 bits per heavy atom. The van der Waals surface area contributed by atoms with Gasteiger partial charge in [-0.1, -0.05) is 6.08 Å². The topological polar surface area (TPSA) is 49.8 Å². The second kappa shape index (κ2) is 5.34. The van der Waals surface area contributed by atoms with E-state index < -0.39 is 17.2 Å². The van der Waals surface area contributed by atoms with Crippen LogP contribution in [0.25, 0.3) is 0 Å². The lowest BCUT2D eigenvalue weighted by Gasteiger charge is -2.44. The molecule has 0 aromatic heterocycles. The van der Waals surface area contributed by atoms with Crippen LogP contribution in [-0.4, -0.2) is 40.4 Å². The molecule has 0 aliphatic heterocycles. The van der Waals surface area contributed by atoms with Crippen molar-refractivity contribution < 1.29 is 14.6 Å². The average Bonchev–Trinajstić information content (AvgIpc) is 1.98. The zero-order valence-electron chi connectivity index (χ0n) is 10.9. The molecule has 0 aliphatic rings. The Hall–Kier alpha value is -1.03. The summed E-state index contributed by atoms with van der Waals surface area (Å²) in [5.41, 5.74) is -1.01. The molecule has 1 N–H and O–H groups in total. The minimum absolute atomic E-state index is 0.350. The SMILES string of the molecule is C=CCOCC(C)(C)N(C(=O)O)C(C)(C)C. The standard InChI is InChI=1S/C12H23NO3/c1-7-8-16-9-12(5,6)13(10(14)15)11(2,3)4/h7H,1,8-9H2,2-6H3,(H,14,15). The Kier molecular flexibility index (Phi) is 5.00. The Labute approximate surface area is 97.9 Å². The van der Waals surface area contributed by atoms with E-state index in [2.05, 4.69) is 6.58 Å². The van der Waals surface area contributed by atoms with Gasteiger partial charge in [-0.15, -0.1) is 6.58 Å². The molecule has 1 amide bonds. The molecule has 0 saturated heterocycles. The van der Waals surface area contributed by atoms with Gasteiger partial charge in [-0.2, -0.15) is 0 Å². The van der Waals surface area contributed by atoms with Crippen molar-refractivity contribution in [3.63, 3.8) is 0 Å². The number of hydrogen-bond acceptors (Lipinski definition) is 2. The molecule has 0 spiro atoms. The second-order valence-electron chi connectivity index (χ2n) is 5.41. The first-order valence-electron chi connectivity index (χ1n) is 5.35. The highest BCUT2D eigenvalue weighted by Gasteiger charge is 2.38. The van der Waals surface area contributed by atoms with E-state index in [1.807, 2.05) is 34.6 Å².